The lowest BCUT2D eigenvalue weighted by Crippen LogP contribution is -2.27. The van der Waals surface area contributed by atoms with Crippen molar-refractivity contribution in [3.05, 3.63) is 41.3 Å². The van der Waals surface area contributed by atoms with Crippen LogP contribution in [0.3, 0.4) is 0 Å². The van der Waals surface area contributed by atoms with Gasteiger partial charge in [-0.05, 0) is 38.8 Å². The third-order valence-electron chi connectivity index (χ3n) is 4.23. The molecule has 1 aliphatic rings. The summed E-state index contributed by atoms with van der Waals surface area (Å²) in [5.41, 5.74) is 8.20. The number of nitrogens with two attached hydrogens (primary N) is 1. The summed E-state index contributed by atoms with van der Waals surface area (Å²) in [6, 6.07) is 3.73. The fourth-order valence-electron chi connectivity index (χ4n) is 2.72. The Balaban J connectivity index is 2.00. The second kappa shape index (κ2) is 6.58. The van der Waals surface area contributed by atoms with E-state index in [1.54, 1.807) is 24.5 Å². The maximum absolute atomic E-state index is 12.5. The number of carbonyl (C=O) groups excluding carboxylic acids is 1. The number of hydrogen-bond acceptors (Lipinski definition) is 5. The molecule has 2 aromatic heterocycles. The molecule has 3 rings (SSSR count). The van der Waals surface area contributed by atoms with Gasteiger partial charge in [-0.15, -0.1) is 0 Å². The molecule has 1 aliphatic carbocycles. The van der Waals surface area contributed by atoms with Crippen LogP contribution in [0.2, 0.25) is 0 Å². The van der Waals surface area contributed by atoms with Gasteiger partial charge in [0.1, 0.15) is 5.69 Å². The van der Waals surface area contributed by atoms with E-state index in [9.17, 15) is 4.79 Å². The number of nitrogen functional groups attached to an aromatic ring is 1. The molecule has 0 bridgehead atoms. The minimum absolute atomic E-state index is 0.0923. The number of carbonyl (C=O) groups is 1. The van der Waals surface area contributed by atoms with Crippen LogP contribution >= 0.6 is 0 Å². The van der Waals surface area contributed by atoms with E-state index in [1.807, 2.05) is 18.4 Å². The molecule has 1 amide bonds. The summed E-state index contributed by atoms with van der Waals surface area (Å²) in [7, 11) is 1.49. The van der Waals surface area contributed by atoms with Gasteiger partial charge in [0.15, 0.2) is 0 Å². The molecule has 132 valence electrons. The first-order valence-corrected chi connectivity index (χ1v) is 8.32. The average Bonchev–Trinajstić information content (AvgIpc) is 3.26. The van der Waals surface area contributed by atoms with Crippen LogP contribution in [0, 0.1) is 5.41 Å². The molecule has 0 atom stereocenters. The SMILES string of the molecule is COc1nccc(N)c1C(=N)c1cc(C(=O)NC2CC2)n(C(C)C)c1. The largest absolute Gasteiger partial charge is 0.480 e. The normalized spacial score (nSPS) is 13.8. The van der Waals surface area contributed by atoms with Crippen molar-refractivity contribution in [2.24, 2.45) is 0 Å². The Morgan fingerprint density at radius 1 is 1.48 bits per heavy atom. The molecule has 25 heavy (non-hydrogen) atoms. The third kappa shape index (κ3) is 3.35. The minimum Gasteiger partial charge on any atom is -0.480 e. The van der Waals surface area contributed by atoms with Crippen LogP contribution in [0.1, 0.15) is 54.3 Å². The first-order valence-electron chi connectivity index (χ1n) is 8.32. The van der Waals surface area contributed by atoms with E-state index in [-0.39, 0.29) is 23.7 Å². The second-order valence-corrected chi connectivity index (χ2v) is 6.52. The summed E-state index contributed by atoms with van der Waals surface area (Å²) >= 11 is 0. The minimum atomic E-state index is -0.110. The van der Waals surface area contributed by atoms with Gasteiger partial charge in [0.25, 0.3) is 5.91 Å². The van der Waals surface area contributed by atoms with Crippen LogP contribution in [0.15, 0.2) is 24.5 Å². The van der Waals surface area contributed by atoms with Gasteiger partial charge in [0.2, 0.25) is 5.88 Å². The summed E-state index contributed by atoms with van der Waals surface area (Å²) in [5.74, 6) is 0.188. The fourth-order valence-corrected chi connectivity index (χ4v) is 2.72. The number of aromatic nitrogens is 2. The Morgan fingerprint density at radius 2 is 2.20 bits per heavy atom. The predicted octanol–water partition coefficient (Wildman–Crippen LogP) is 2.36. The highest BCUT2D eigenvalue weighted by Gasteiger charge is 2.27. The van der Waals surface area contributed by atoms with Gasteiger partial charge in [-0.1, -0.05) is 0 Å². The lowest BCUT2D eigenvalue weighted by atomic mass is 10.0. The van der Waals surface area contributed by atoms with E-state index in [4.69, 9.17) is 15.9 Å². The van der Waals surface area contributed by atoms with Crippen molar-refractivity contribution in [2.75, 3.05) is 12.8 Å². The standard InChI is InChI=1S/C18H23N5O2/c1-10(2)23-9-11(8-14(23)17(24)22-12-4-5-12)16(20)15-13(19)6-7-21-18(15)25-3/h6-10,12,20H,4-5H2,1-3H3,(H2,19,21)(H,22,24). The molecule has 7 heteroatoms. The maximum Gasteiger partial charge on any atom is 0.268 e. The van der Waals surface area contributed by atoms with Gasteiger partial charge in [-0.3, -0.25) is 10.2 Å². The van der Waals surface area contributed by atoms with E-state index in [0.717, 1.165) is 12.8 Å². The van der Waals surface area contributed by atoms with E-state index in [1.165, 1.54) is 7.11 Å². The first kappa shape index (κ1) is 17.0. The van der Waals surface area contributed by atoms with Gasteiger partial charge < -0.3 is 20.4 Å². The van der Waals surface area contributed by atoms with Crippen molar-refractivity contribution < 1.29 is 9.53 Å². The molecule has 0 spiro atoms. The Labute approximate surface area is 146 Å². The van der Waals surface area contributed by atoms with E-state index in [2.05, 4.69) is 10.3 Å². The molecule has 0 saturated heterocycles. The monoisotopic (exact) mass is 341 g/mol. The number of anilines is 1. The van der Waals surface area contributed by atoms with Crippen LogP contribution in [0.25, 0.3) is 0 Å². The van der Waals surface area contributed by atoms with Crippen molar-refractivity contribution in [1.29, 1.82) is 5.41 Å². The summed E-state index contributed by atoms with van der Waals surface area (Å²) < 4.78 is 7.12. The molecule has 2 aromatic rings. The van der Waals surface area contributed by atoms with Gasteiger partial charge in [-0.2, -0.15) is 0 Å². The average molecular weight is 341 g/mol. The molecule has 2 heterocycles. The summed E-state index contributed by atoms with van der Waals surface area (Å²) in [6.45, 7) is 4.00. The quantitative estimate of drug-likeness (QED) is 0.701. The van der Waals surface area contributed by atoms with Crippen molar-refractivity contribution in [1.82, 2.24) is 14.9 Å². The van der Waals surface area contributed by atoms with E-state index < -0.39 is 0 Å². The Morgan fingerprint density at radius 3 is 2.80 bits per heavy atom. The summed E-state index contributed by atoms with van der Waals surface area (Å²) in [5, 5.41) is 11.6. The zero-order valence-corrected chi connectivity index (χ0v) is 14.7. The van der Waals surface area contributed by atoms with Crippen LogP contribution in [0.5, 0.6) is 5.88 Å². The van der Waals surface area contributed by atoms with Crippen LogP contribution < -0.4 is 15.8 Å². The van der Waals surface area contributed by atoms with Gasteiger partial charge in [0, 0.05) is 35.7 Å². The first-order chi connectivity index (χ1) is 11.9. The molecule has 1 fully saturated rings. The number of amides is 1. The van der Waals surface area contributed by atoms with E-state index >= 15 is 0 Å². The fraction of sp³-hybridized carbons (Fsp3) is 0.389. The molecule has 7 nitrogen and oxygen atoms in total. The molecule has 1 saturated carbocycles. The number of nitrogens with one attached hydrogen (secondary N) is 2. The van der Waals surface area contributed by atoms with E-state index in [0.29, 0.717) is 28.4 Å². The summed E-state index contributed by atoms with van der Waals surface area (Å²) in [6.07, 6.45) is 5.40. The lowest BCUT2D eigenvalue weighted by molar-refractivity contribution is 0.0940. The molecule has 0 aliphatic heterocycles. The number of pyridine rings is 1. The zero-order chi connectivity index (χ0) is 18.1. The predicted molar refractivity (Wildman–Crippen MR) is 96.4 cm³/mol. The number of methoxy groups -OCH3 is 1. The number of ether oxygens (including phenoxy) is 1. The number of nitrogens with zero attached hydrogens (tertiary/aromatic N) is 2. The van der Waals surface area contributed by atoms with Gasteiger partial charge in [0.05, 0.1) is 18.4 Å². The Kier molecular flexibility index (Phi) is 4.48. The molecular weight excluding hydrogens is 318 g/mol. The van der Waals surface area contributed by atoms with Crippen LogP contribution in [0.4, 0.5) is 5.69 Å². The molecule has 0 radical (unpaired) electrons. The topological polar surface area (TPSA) is 106 Å². The highest BCUT2D eigenvalue weighted by atomic mass is 16.5. The smallest absolute Gasteiger partial charge is 0.268 e. The Bertz CT molecular complexity index is 821. The number of hydrogen-bond donors (Lipinski definition) is 3. The third-order valence-corrected chi connectivity index (χ3v) is 4.23. The van der Waals surface area contributed by atoms with Crippen molar-refractivity contribution in [3.8, 4) is 5.88 Å². The summed E-state index contributed by atoms with van der Waals surface area (Å²) in [4.78, 5) is 16.6. The highest BCUT2D eigenvalue weighted by Crippen LogP contribution is 2.27. The van der Waals surface area contributed by atoms with Crippen LogP contribution in [-0.4, -0.2) is 34.3 Å². The van der Waals surface area contributed by atoms with Gasteiger partial charge in [-0.25, -0.2) is 4.98 Å². The second-order valence-electron chi connectivity index (χ2n) is 6.52. The zero-order valence-electron chi connectivity index (χ0n) is 14.7. The molecular formula is C18H23N5O2. The molecule has 0 unspecified atom stereocenters. The highest BCUT2D eigenvalue weighted by molar-refractivity contribution is 6.16. The van der Waals surface area contributed by atoms with Crippen molar-refractivity contribution >= 4 is 17.3 Å². The van der Waals surface area contributed by atoms with Crippen molar-refractivity contribution in [3.63, 3.8) is 0 Å². The lowest BCUT2D eigenvalue weighted by Gasteiger charge is -2.12. The maximum atomic E-state index is 12.5. The number of rotatable bonds is 6. The van der Waals surface area contributed by atoms with Crippen molar-refractivity contribution in [2.45, 2.75) is 38.8 Å². The Hall–Kier alpha value is -2.83. The van der Waals surface area contributed by atoms with Gasteiger partial charge >= 0.3 is 0 Å². The van der Waals surface area contributed by atoms with Crippen LogP contribution in [-0.2, 0) is 0 Å². The molecule has 4 N–H and O–H groups in total. The molecule has 0 aromatic carbocycles.